The van der Waals surface area contributed by atoms with Gasteiger partial charge in [0.1, 0.15) is 24.0 Å². The van der Waals surface area contributed by atoms with Gasteiger partial charge in [-0.25, -0.2) is 0 Å². The van der Waals surface area contributed by atoms with E-state index >= 15 is 0 Å². The number of aromatic amines is 1. The summed E-state index contributed by atoms with van der Waals surface area (Å²) >= 11 is 1.19. The quantitative estimate of drug-likeness (QED) is 0.107. The number of nitrogens with two attached hydrogens (primary N) is 1. The number of para-hydroxylation sites is 1. The number of carbonyl (C=O) groups excluding carboxylic acids is 4. The molecule has 0 fully saturated rings. The summed E-state index contributed by atoms with van der Waals surface area (Å²) in [6, 6.07) is 17.5. The number of thiophene rings is 1. The van der Waals surface area contributed by atoms with Crippen molar-refractivity contribution in [3.05, 3.63) is 94.3 Å². The minimum absolute atomic E-state index is 0.0169. The first-order chi connectivity index (χ1) is 21.4. The molecule has 4 amide bonds. The number of nitrogens with one attached hydrogen (secondary N) is 4. The summed E-state index contributed by atoms with van der Waals surface area (Å²) in [7, 11) is -4.35. The van der Waals surface area contributed by atoms with Crippen molar-refractivity contribution in [1.82, 2.24) is 20.9 Å². The Bertz CT molecular complexity index is 1670. The number of rotatable bonds is 15. The normalized spacial score (nSPS) is 14.7. The fourth-order valence-electron chi connectivity index (χ4n) is 5.04. The van der Waals surface area contributed by atoms with Gasteiger partial charge in [0.25, 0.3) is 5.91 Å². The Hall–Kier alpha value is -4.25. The van der Waals surface area contributed by atoms with Gasteiger partial charge in [0.15, 0.2) is 0 Å². The summed E-state index contributed by atoms with van der Waals surface area (Å²) in [5, 5.41) is 10.5. The maximum Gasteiger partial charge on any atom is 0.262 e. The molecule has 4 atom stereocenters. The second-order valence-corrected chi connectivity index (χ2v) is 14.7. The van der Waals surface area contributed by atoms with Gasteiger partial charge in [-0.1, -0.05) is 68.4 Å². The molecule has 0 aliphatic carbocycles. The molecule has 4 rings (SSSR count). The summed E-state index contributed by atoms with van der Waals surface area (Å²) in [5.74, 6) is -4.04. The predicted molar refractivity (Wildman–Crippen MR) is 175 cm³/mol. The van der Waals surface area contributed by atoms with Gasteiger partial charge in [0, 0.05) is 29.9 Å². The molecule has 0 spiro atoms. The minimum atomic E-state index is -4.35. The van der Waals surface area contributed by atoms with Crippen molar-refractivity contribution in [3.63, 3.8) is 0 Å². The molecule has 0 bridgehead atoms. The number of H-pyrrole nitrogens is 1. The Morgan fingerprint density at radius 1 is 0.911 bits per heavy atom. The molecule has 0 aliphatic rings. The highest BCUT2D eigenvalue weighted by Crippen LogP contribution is 2.46. The van der Waals surface area contributed by atoms with Crippen LogP contribution < -0.4 is 21.7 Å². The third kappa shape index (κ3) is 9.37. The van der Waals surface area contributed by atoms with Crippen LogP contribution in [0.3, 0.4) is 0 Å². The molecular weight excluding hydrogens is 613 g/mol. The molecule has 4 aromatic rings. The highest BCUT2D eigenvalue weighted by atomic mass is 32.1. The van der Waals surface area contributed by atoms with E-state index in [-0.39, 0.29) is 25.2 Å². The van der Waals surface area contributed by atoms with Crippen LogP contribution in [-0.2, 0) is 31.8 Å². The molecule has 13 heteroatoms. The lowest BCUT2D eigenvalue weighted by Crippen LogP contribution is -2.54. The van der Waals surface area contributed by atoms with Crippen molar-refractivity contribution in [2.45, 2.75) is 51.0 Å². The topological polar surface area (TPSA) is 183 Å². The van der Waals surface area contributed by atoms with Crippen LogP contribution >= 0.6 is 18.7 Å². The molecular formula is C32H38N5O6PS. The Labute approximate surface area is 265 Å². The zero-order valence-corrected chi connectivity index (χ0v) is 26.8. The van der Waals surface area contributed by atoms with Crippen LogP contribution in [0.25, 0.3) is 10.9 Å². The lowest BCUT2D eigenvalue weighted by atomic mass is 10.0. The molecule has 0 aliphatic heterocycles. The first-order valence-electron chi connectivity index (χ1n) is 14.6. The van der Waals surface area contributed by atoms with Crippen LogP contribution in [0.5, 0.6) is 0 Å². The monoisotopic (exact) mass is 651 g/mol. The number of hydrogen-bond donors (Lipinski definition) is 6. The van der Waals surface area contributed by atoms with Gasteiger partial charge in [-0.05, 0) is 41.0 Å². The van der Waals surface area contributed by atoms with Gasteiger partial charge in [0.05, 0.1) is 4.88 Å². The molecule has 11 nitrogen and oxygen atoms in total. The number of benzene rings is 2. The zero-order valence-electron chi connectivity index (χ0n) is 25.1. The molecule has 2 unspecified atom stereocenters. The highest BCUT2D eigenvalue weighted by Gasteiger charge is 2.36. The van der Waals surface area contributed by atoms with Crippen LogP contribution in [0, 0.1) is 5.92 Å². The number of fused-ring (bicyclic) bond motifs is 1. The number of hydrogen-bond acceptors (Lipinski definition) is 6. The Morgan fingerprint density at radius 2 is 1.62 bits per heavy atom. The molecule has 0 radical (unpaired) electrons. The molecule has 2 aromatic heterocycles. The largest absolute Gasteiger partial charge is 0.368 e. The van der Waals surface area contributed by atoms with Gasteiger partial charge in [0.2, 0.25) is 25.1 Å². The molecule has 238 valence electrons. The van der Waals surface area contributed by atoms with Crippen LogP contribution in [0.1, 0.15) is 41.1 Å². The lowest BCUT2D eigenvalue weighted by Gasteiger charge is -2.26. The molecule has 45 heavy (non-hydrogen) atoms. The molecule has 7 N–H and O–H groups in total. The third-order valence-corrected chi connectivity index (χ3v) is 10.2. The smallest absolute Gasteiger partial charge is 0.262 e. The van der Waals surface area contributed by atoms with Gasteiger partial charge in [-0.15, -0.1) is 11.3 Å². The van der Waals surface area contributed by atoms with Crippen molar-refractivity contribution in [2.24, 2.45) is 11.7 Å². The van der Waals surface area contributed by atoms with Crippen LogP contribution in [0.4, 0.5) is 0 Å². The molecule has 0 saturated heterocycles. The first kappa shape index (κ1) is 33.6. The van der Waals surface area contributed by atoms with Crippen molar-refractivity contribution in [3.8, 4) is 0 Å². The summed E-state index contributed by atoms with van der Waals surface area (Å²) in [4.78, 5) is 66.5. The number of aromatic nitrogens is 1. The fraction of sp³-hybridized carbons (Fsp3) is 0.312. The van der Waals surface area contributed by atoms with E-state index in [0.717, 1.165) is 16.5 Å². The maximum absolute atomic E-state index is 13.7. The van der Waals surface area contributed by atoms with E-state index in [4.69, 9.17) is 5.73 Å². The Morgan fingerprint density at radius 3 is 2.29 bits per heavy atom. The molecule has 2 aromatic carbocycles. The van der Waals surface area contributed by atoms with Crippen molar-refractivity contribution in [2.75, 3.05) is 6.16 Å². The fourth-order valence-corrected chi connectivity index (χ4v) is 7.20. The van der Waals surface area contributed by atoms with Gasteiger partial charge in [-0.2, -0.15) is 0 Å². The van der Waals surface area contributed by atoms with E-state index < -0.39 is 55.0 Å². The van der Waals surface area contributed by atoms with Gasteiger partial charge in [-0.3, -0.25) is 23.7 Å². The SMILES string of the molecule is CC(C)C[C@H](NC(=O)CP(=O)(O)[C@@H](Cc1ccccc1)NC(=O)c1cccs1)C(=O)NC(Cc1c[nH]c2ccccc12)C(N)=O. The molecule has 2 heterocycles. The predicted octanol–water partition coefficient (Wildman–Crippen LogP) is 3.54. The Kier molecular flexibility index (Phi) is 11.3. The van der Waals surface area contributed by atoms with Crippen molar-refractivity contribution < 1.29 is 28.6 Å². The van der Waals surface area contributed by atoms with Crippen molar-refractivity contribution in [1.29, 1.82) is 0 Å². The summed E-state index contributed by atoms with van der Waals surface area (Å²) < 4.78 is 13.7. The average Bonchev–Trinajstić information content (AvgIpc) is 3.67. The summed E-state index contributed by atoms with van der Waals surface area (Å²) in [6.45, 7) is 3.72. The third-order valence-electron chi connectivity index (χ3n) is 7.29. The van der Waals surface area contributed by atoms with E-state index in [2.05, 4.69) is 20.9 Å². The van der Waals surface area contributed by atoms with Crippen LogP contribution in [0.15, 0.2) is 78.3 Å². The van der Waals surface area contributed by atoms with Crippen LogP contribution in [-0.4, -0.2) is 57.5 Å². The van der Waals surface area contributed by atoms with Crippen LogP contribution in [0.2, 0.25) is 0 Å². The number of carbonyl (C=O) groups is 4. The summed E-state index contributed by atoms with van der Waals surface area (Å²) in [5.41, 5.74) is 8.01. The lowest BCUT2D eigenvalue weighted by molar-refractivity contribution is -0.131. The second-order valence-electron chi connectivity index (χ2n) is 11.3. The van der Waals surface area contributed by atoms with Crippen molar-refractivity contribution >= 4 is 53.2 Å². The number of primary amides is 1. The molecule has 0 saturated carbocycles. The highest BCUT2D eigenvalue weighted by molar-refractivity contribution is 7.59. The number of amides is 4. The zero-order chi connectivity index (χ0) is 32.6. The summed E-state index contributed by atoms with van der Waals surface area (Å²) in [6.07, 6.45) is 1.27. The van der Waals surface area contributed by atoms with E-state index in [9.17, 15) is 28.6 Å². The van der Waals surface area contributed by atoms with E-state index in [1.807, 2.05) is 38.1 Å². The van der Waals surface area contributed by atoms with E-state index in [0.29, 0.717) is 10.4 Å². The van der Waals surface area contributed by atoms with E-state index in [1.54, 1.807) is 54.0 Å². The van der Waals surface area contributed by atoms with Gasteiger partial charge < -0.3 is 31.6 Å². The second kappa shape index (κ2) is 15.2. The maximum atomic E-state index is 13.7. The van der Waals surface area contributed by atoms with E-state index in [1.165, 1.54) is 11.3 Å². The minimum Gasteiger partial charge on any atom is -0.368 e. The average molecular weight is 652 g/mol. The first-order valence-corrected chi connectivity index (χ1v) is 17.4. The Balaban J connectivity index is 1.47. The van der Waals surface area contributed by atoms with Gasteiger partial charge >= 0.3 is 0 Å². The standard InChI is InChI=1S/C32H38N5O6PS/c1-20(2)15-26(31(40)36-25(30(33)39)17-22-18-34-24-12-7-6-11-23(22)24)35-28(38)19-44(42,43)29(16-21-9-4-3-5-10-21)37-32(41)27-13-8-14-45-27/h3-14,18,20,25-26,29,34H,15-17,19H2,1-2H3,(H2,33,39)(H,35,38)(H,36,40)(H,37,41)(H,42,43)/t25?,26-,29-/m0/s1.